The molecule has 0 aliphatic rings. The van der Waals surface area contributed by atoms with Gasteiger partial charge in [-0.05, 0) is 59.0 Å². The number of rotatable bonds is 7. The number of para-hydroxylation sites is 1. The van der Waals surface area contributed by atoms with Crippen LogP contribution in [-0.4, -0.2) is 12.8 Å². The summed E-state index contributed by atoms with van der Waals surface area (Å²) in [7, 11) is 1.68. The van der Waals surface area contributed by atoms with Gasteiger partial charge in [0.2, 0.25) is 0 Å². The highest BCUT2D eigenvalue weighted by atomic mass is 32.2. The first-order valence-corrected chi connectivity index (χ1v) is 11.0. The number of hydrogen-bond acceptors (Lipinski definition) is 3. The van der Waals surface area contributed by atoms with Gasteiger partial charge in [-0.2, -0.15) is 0 Å². The van der Waals surface area contributed by atoms with Crippen molar-refractivity contribution >= 4 is 23.2 Å². The van der Waals surface area contributed by atoms with Gasteiger partial charge < -0.3 is 4.74 Å². The number of allylic oxidation sites excluding steroid dienone is 1. The minimum absolute atomic E-state index is 0.859. The Balaban J connectivity index is 1.59. The number of hydrogen-bond donors (Lipinski definition) is 0. The molecule has 0 heterocycles. The lowest BCUT2D eigenvalue weighted by Gasteiger charge is -2.06. The molecule has 0 amide bonds. The normalized spacial score (nSPS) is 11.6. The fourth-order valence-electron chi connectivity index (χ4n) is 3.14. The van der Waals surface area contributed by atoms with E-state index in [1.807, 2.05) is 48.5 Å². The topological polar surface area (TPSA) is 21.6 Å². The Morgan fingerprint density at radius 2 is 1.32 bits per heavy atom. The summed E-state index contributed by atoms with van der Waals surface area (Å²) in [5.41, 5.74) is 5.34. The van der Waals surface area contributed by atoms with Gasteiger partial charge in [-0.3, -0.25) is 0 Å². The van der Waals surface area contributed by atoms with E-state index in [2.05, 4.69) is 72.1 Å². The Kier molecular flexibility index (Phi) is 6.99. The van der Waals surface area contributed by atoms with Crippen molar-refractivity contribution < 1.29 is 4.74 Å². The molecule has 152 valence electrons. The molecule has 0 saturated heterocycles. The molecule has 0 bridgehead atoms. The Bertz CT molecular complexity index is 1150. The molecule has 0 aliphatic heterocycles. The van der Waals surface area contributed by atoms with Gasteiger partial charge in [0.25, 0.3) is 0 Å². The van der Waals surface area contributed by atoms with Crippen LogP contribution in [0, 0.1) is 0 Å². The second kappa shape index (κ2) is 10.5. The summed E-state index contributed by atoms with van der Waals surface area (Å²) in [6.45, 7) is 0. The van der Waals surface area contributed by atoms with Gasteiger partial charge in [0.05, 0.1) is 18.5 Å². The lowest BCUT2D eigenvalue weighted by Crippen LogP contribution is -1.96. The molecule has 2 nitrogen and oxygen atoms in total. The second-order valence-electron chi connectivity index (χ2n) is 6.87. The predicted molar refractivity (Wildman–Crippen MR) is 133 cm³/mol. The van der Waals surface area contributed by atoms with E-state index in [1.54, 1.807) is 18.9 Å². The molecule has 0 radical (unpaired) electrons. The number of thioether (sulfide) groups is 1. The van der Waals surface area contributed by atoms with E-state index in [0.29, 0.717) is 0 Å². The minimum atomic E-state index is 0.859. The van der Waals surface area contributed by atoms with E-state index in [9.17, 15) is 0 Å². The molecule has 0 atom stereocenters. The van der Waals surface area contributed by atoms with Crippen molar-refractivity contribution in [3.63, 3.8) is 0 Å². The highest BCUT2D eigenvalue weighted by Gasteiger charge is 2.03. The molecule has 0 N–H and O–H groups in total. The molecule has 3 heteroatoms. The van der Waals surface area contributed by atoms with Crippen LogP contribution in [0.2, 0.25) is 0 Å². The number of nitrogens with zero attached hydrogens (tertiary/aromatic N) is 1. The monoisotopic (exact) mass is 421 g/mol. The van der Waals surface area contributed by atoms with Gasteiger partial charge in [-0.25, -0.2) is 4.99 Å². The summed E-state index contributed by atoms with van der Waals surface area (Å²) in [6, 6.07) is 37.1. The lowest BCUT2D eigenvalue weighted by atomic mass is 10.0. The number of methoxy groups -OCH3 is 1. The van der Waals surface area contributed by atoms with Crippen molar-refractivity contribution in [2.45, 2.75) is 4.90 Å². The SMILES string of the molecule is COc1ccc(SC=CC(=Nc2ccccc2)c2ccc(-c3ccccc3)cc2)cc1. The van der Waals surface area contributed by atoms with Gasteiger partial charge in [0.1, 0.15) is 5.75 Å². The van der Waals surface area contributed by atoms with E-state index >= 15 is 0 Å². The molecule has 0 unspecified atom stereocenters. The largest absolute Gasteiger partial charge is 0.497 e. The molecular weight excluding hydrogens is 398 g/mol. The van der Waals surface area contributed by atoms with Crippen LogP contribution in [0.4, 0.5) is 5.69 Å². The number of benzene rings is 4. The second-order valence-corrected chi connectivity index (χ2v) is 7.85. The van der Waals surface area contributed by atoms with Gasteiger partial charge in [-0.15, -0.1) is 0 Å². The third-order valence-electron chi connectivity index (χ3n) is 4.78. The summed E-state index contributed by atoms with van der Waals surface area (Å²) < 4.78 is 5.23. The lowest BCUT2D eigenvalue weighted by molar-refractivity contribution is 0.414. The van der Waals surface area contributed by atoms with Gasteiger partial charge >= 0.3 is 0 Å². The summed E-state index contributed by atoms with van der Waals surface area (Å²) in [6.07, 6.45) is 2.07. The van der Waals surface area contributed by atoms with Crippen molar-refractivity contribution in [2.24, 2.45) is 4.99 Å². The molecular formula is C28H23NOS. The van der Waals surface area contributed by atoms with Crippen LogP contribution in [0.15, 0.2) is 131 Å². The van der Waals surface area contributed by atoms with Crippen molar-refractivity contribution in [1.29, 1.82) is 0 Å². The molecule has 0 aromatic heterocycles. The maximum atomic E-state index is 5.23. The van der Waals surface area contributed by atoms with Crippen LogP contribution in [0.3, 0.4) is 0 Å². The first kappa shape index (κ1) is 20.7. The molecule has 31 heavy (non-hydrogen) atoms. The van der Waals surface area contributed by atoms with Crippen molar-refractivity contribution in [3.05, 3.63) is 126 Å². The number of ether oxygens (including phenoxy) is 1. The Morgan fingerprint density at radius 3 is 1.97 bits per heavy atom. The highest BCUT2D eigenvalue weighted by Crippen LogP contribution is 2.24. The molecule has 4 aromatic carbocycles. The van der Waals surface area contributed by atoms with Crippen LogP contribution in [0.25, 0.3) is 11.1 Å². The smallest absolute Gasteiger partial charge is 0.118 e. The first-order chi connectivity index (χ1) is 15.3. The molecule has 0 aliphatic carbocycles. The Hall–Kier alpha value is -3.56. The molecule has 0 spiro atoms. The van der Waals surface area contributed by atoms with Crippen molar-refractivity contribution in [3.8, 4) is 16.9 Å². The minimum Gasteiger partial charge on any atom is -0.497 e. The highest BCUT2D eigenvalue weighted by molar-refractivity contribution is 8.02. The van der Waals surface area contributed by atoms with E-state index in [-0.39, 0.29) is 0 Å². The van der Waals surface area contributed by atoms with E-state index in [4.69, 9.17) is 9.73 Å². The molecule has 4 aromatic rings. The zero-order valence-electron chi connectivity index (χ0n) is 17.3. The standard InChI is InChI=1S/C28H23NOS/c1-30-26-16-18-27(19-17-26)31-21-20-28(29-25-10-6-3-7-11-25)24-14-12-23(13-15-24)22-8-4-2-5-9-22/h2-21H,1H3. The van der Waals surface area contributed by atoms with Gasteiger partial charge in [0, 0.05) is 10.5 Å². The third-order valence-corrected chi connectivity index (χ3v) is 5.60. The van der Waals surface area contributed by atoms with Crippen molar-refractivity contribution in [1.82, 2.24) is 0 Å². The molecule has 4 rings (SSSR count). The van der Waals surface area contributed by atoms with Crippen LogP contribution in [0.5, 0.6) is 5.75 Å². The van der Waals surface area contributed by atoms with Crippen LogP contribution in [0.1, 0.15) is 5.56 Å². The maximum Gasteiger partial charge on any atom is 0.118 e. The van der Waals surface area contributed by atoms with E-state index in [1.165, 1.54) is 11.1 Å². The van der Waals surface area contributed by atoms with E-state index < -0.39 is 0 Å². The fraction of sp³-hybridized carbons (Fsp3) is 0.0357. The average Bonchev–Trinajstić information content (AvgIpc) is 2.85. The van der Waals surface area contributed by atoms with E-state index in [0.717, 1.165) is 27.6 Å². The molecule has 0 saturated carbocycles. The van der Waals surface area contributed by atoms with Crippen LogP contribution >= 0.6 is 11.8 Å². The molecule has 0 fully saturated rings. The third kappa shape index (κ3) is 5.74. The summed E-state index contributed by atoms with van der Waals surface area (Å²) in [5.74, 6) is 0.859. The first-order valence-electron chi connectivity index (χ1n) is 10.1. The zero-order valence-corrected chi connectivity index (χ0v) is 18.1. The predicted octanol–water partition coefficient (Wildman–Crippen LogP) is 7.79. The summed E-state index contributed by atoms with van der Waals surface area (Å²) >= 11 is 1.66. The Labute approximate surface area is 188 Å². The Morgan fingerprint density at radius 1 is 0.710 bits per heavy atom. The van der Waals surface area contributed by atoms with Gasteiger partial charge in [0.15, 0.2) is 0 Å². The summed E-state index contributed by atoms with van der Waals surface area (Å²) in [4.78, 5) is 6.03. The zero-order chi connectivity index (χ0) is 21.3. The number of aliphatic imine (C=N–C) groups is 1. The average molecular weight is 422 g/mol. The fourth-order valence-corrected chi connectivity index (χ4v) is 3.78. The maximum absolute atomic E-state index is 5.23. The van der Waals surface area contributed by atoms with Crippen LogP contribution < -0.4 is 4.74 Å². The van der Waals surface area contributed by atoms with Crippen LogP contribution in [-0.2, 0) is 0 Å². The summed E-state index contributed by atoms with van der Waals surface area (Å²) in [5, 5.41) is 2.08. The van der Waals surface area contributed by atoms with Gasteiger partial charge in [-0.1, -0.05) is 84.6 Å². The quantitative estimate of drug-likeness (QED) is 0.224. The van der Waals surface area contributed by atoms with Crippen molar-refractivity contribution in [2.75, 3.05) is 7.11 Å².